The van der Waals surface area contributed by atoms with E-state index in [1.165, 1.54) is 11.1 Å². The second-order valence-corrected chi connectivity index (χ2v) is 5.28. The average molecular weight is 259 g/mol. The number of benzene rings is 2. The quantitative estimate of drug-likeness (QED) is 0.879. The van der Waals surface area contributed by atoms with E-state index in [1.807, 2.05) is 24.3 Å². The summed E-state index contributed by atoms with van der Waals surface area (Å²) in [6.07, 6.45) is 1.34. The largest absolute Gasteiger partial charge is 0.388 e. The lowest BCUT2D eigenvalue weighted by Crippen LogP contribution is -2.19. The van der Waals surface area contributed by atoms with Gasteiger partial charge in [-0.25, -0.2) is 0 Å². The van der Waals surface area contributed by atoms with E-state index in [0.717, 1.165) is 18.4 Å². The molecule has 2 aromatic rings. The van der Waals surface area contributed by atoms with Crippen LogP contribution in [0.5, 0.6) is 0 Å². The summed E-state index contributed by atoms with van der Waals surface area (Å²) >= 11 is 6.10. The highest BCUT2D eigenvalue weighted by Crippen LogP contribution is 2.41. The van der Waals surface area contributed by atoms with E-state index in [9.17, 15) is 5.11 Å². The van der Waals surface area contributed by atoms with Crippen molar-refractivity contribution >= 4 is 11.6 Å². The smallest absolute Gasteiger partial charge is 0.0810 e. The fourth-order valence-corrected chi connectivity index (χ4v) is 2.98. The molecule has 0 spiro atoms. The van der Waals surface area contributed by atoms with Crippen molar-refractivity contribution in [2.24, 2.45) is 0 Å². The highest BCUT2D eigenvalue weighted by atomic mass is 35.5. The number of rotatable bonds is 3. The van der Waals surface area contributed by atoms with Gasteiger partial charge in [0.2, 0.25) is 0 Å². The average Bonchev–Trinajstić information content (AvgIpc) is 2.36. The lowest BCUT2D eigenvalue weighted by atomic mass is 9.74. The van der Waals surface area contributed by atoms with Gasteiger partial charge in [-0.05, 0) is 41.5 Å². The van der Waals surface area contributed by atoms with Crippen LogP contribution in [0.15, 0.2) is 48.5 Å². The normalized spacial score (nSPS) is 18.9. The van der Waals surface area contributed by atoms with Gasteiger partial charge in [-0.2, -0.15) is 0 Å². The summed E-state index contributed by atoms with van der Waals surface area (Å²) in [4.78, 5) is 0. The van der Waals surface area contributed by atoms with Gasteiger partial charge in [-0.3, -0.25) is 0 Å². The zero-order chi connectivity index (χ0) is 12.5. The number of aliphatic hydroxyl groups is 1. The number of fused-ring (bicyclic) bond motifs is 1. The van der Waals surface area contributed by atoms with E-state index in [0.29, 0.717) is 10.9 Å². The summed E-state index contributed by atoms with van der Waals surface area (Å²) < 4.78 is 0. The van der Waals surface area contributed by atoms with Crippen molar-refractivity contribution in [2.45, 2.75) is 24.9 Å². The van der Waals surface area contributed by atoms with E-state index < -0.39 is 6.10 Å². The van der Waals surface area contributed by atoms with Gasteiger partial charge in [0.05, 0.1) is 6.10 Å². The van der Waals surface area contributed by atoms with E-state index >= 15 is 0 Å². The predicted octanol–water partition coefficient (Wildman–Crippen LogP) is 4.10. The molecule has 0 radical (unpaired) electrons. The molecule has 2 atom stereocenters. The van der Waals surface area contributed by atoms with Crippen LogP contribution in [-0.4, -0.2) is 5.11 Å². The molecule has 2 heteroatoms. The molecule has 18 heavy (non-hydrogen) atoms. The molecule has 1 nitrogen and oxygen atoms in total. The van der Waals surface area contributed by atoms with Gasteiger partial charge >= 0.3 is 0 Å². The number of hydrogen-bond donors (Lipinski definition) is 1. The van der Waals surface area contributed by atoms with Crippen molar-refractivity contribution < 1.29 is 5.11 Å². The SMILES string of the molecule is OC(CC1Cc2ccccc21)c1ccccc1Cl. The van der Waals surface area contributed by atoms with Crippen LogP contribution in [0.2, 0.25) is 5.02 Å². The Kier molecular flexibility index (Phi) is 3.11. The second kappa shape index (κ2) is 4.75. The highest BCUT2D eigenvalue weighted by molar-refractivity contribution is 6.31. The zero-order valence-corrected chi connectivity index (χ0v) is 10.8. The molecule has 2 unspecified atom stereocenters. The Hall–Kier alpha value is -1.31. The van der Waals surface area contributed by atoms with Crippen LogP contribution in [-0.2, 0) is 6.42 Å². The highest BCUT2D eigenvalue weighted by Gasteiger charge is 2.28. The van der Waals surface area contributed by atoms with Crippen molar-refractivity contribution in [3.8, 4) is 0 Å². The maximum atomic E-state index is 10.3. The third kappa shape index (κ3) is 2.05. The van der Waals surface area contributed by atoms with Gasteiger partial charge in [0.25, 0.3) is 0 Å². The van der Waals surface area contributed by atoms with E-state index in [-0.39, 0.29) is 0 Å². The van der Waals surface area contributed by atoms with Gasteiger partial charge in [-0.1, -0.05) is 54.1 Å². The Morgan fingerprint density at radius 1 is 1.11 bits per heavy atom. The maximum Gasteiger partial charge on any atom is 0.0810 e. The van der Waals surface area contributed by atoms with Crippen molar-refractivity contribution in [1.29, 1.82) is 0 Å². The van der Waals surface area contributed by atoms with Crippen LogP contribution in [0.4, 0.5) is 0 Å². The Balaban J connectivity index is 1.74. The maximum absolute atomic E-state index is 10.3. The van der Waals surface area contributed by atoms with Crippen LogP contribution in [0, 0.1) is 0 Å². The molecule has 0 bridgehead atoms. The molecular formula is C16H15ClO. The number of halogens is 1. The standard InChI is InChI=1S/C16H15ClO/c17-15-8-4-3-7-14(15)16(18)10-12-9-11-5-1-2-6-13(11)12/h1-8,12,16,18H,9-10H2. The van der Waals surface area contributed by atoms with Crippen molar-refractivity contribution in [1.82, 2.24) is 0 Å². The molecule has 0 aromatic heterocycles. The van der Waals surface area contributed by atoms with Crippen LogP contribution < -0.4 is 0 Å². The van der Waals surface area contributed by atoms with E-state index in [1.54, 1.807) is 0 Å². The fraction of sp³-hybridized carbons (Fsp3) is 0.250. The summed E-state index contributed by atoms with van der Waals surface area (Å²) in [6, 6.07) is 16.0. The fourth-order valence-electron chi connectivity index (χ4n) is 2.71. The summed E-state index contributed by atoms with van der Waals surface area (Å²) in [7, 11) is 0. The van der Waals surface area contributed by atoms with Crippen LogP contribution >= 0.6 is 11.6 Å². The molecule has 0 heterocycles. The van der Waals surface area contributed by atoms with Crippen molar-refractivity contribution in [3.05, 3.63) is 70.2 Å². The lowest BCUT2D eigenvalue weighted by molar-refractivity contribution is 0.153. The predicted molar refractivity (Wildman–Crippen MR) is 73.9 cm³/mol. The third-order valence-electron chi connectivity index (χ3n) is 3.73. The Morgan fingerprint density at radius 2 is 1.83 bits per heavy atom. The monoisotopic (exact) mass is 258 g/mol. The minimum Gasteiger partial charge on any atom is -0.388 e. The molecule has 3 rings (SSSR count). The Bertz CT molecular complexity index is 565. The second-order valence-electron chi connectivity index (χ2n) is 4.87. The van der Waals surface area contributed by atoms with Gasteiger partial charge in [0.1, 0.15) is 0 Å². The summed E-state index contributed by atoms with van der Waals surface area (Å²) in [5.74, 6) is 0.465. The minimum atomic E-state index is -0.475. The van der Waals surface area contributed by atoms with Gasteiger partial charge < -0.3 is 5.11 Å². The van der Waals surface area contributed by atoms with Gasteiger partial charge in [0, 0.05) is 5.02 Å². The third-order valence-corrected chi connectivity index (χ3v) is 4.08. The molecule has 1 aliphatic rings. The van der Waals surface area contributed by atoms with Crippen LogP contribution in [0.1, 0.15) is 35.1 Å². The van der Waals surface area contributed by atoms with Crippen LogP contribution in [0.3, 0.4) is 0 Å². The Morgan fingerprint density at radius 3 is 2.61 bits per heavy atom. The molecule has 0 saturated heterocycles. The van der Waals surface area contributed by atoms with Crippen molar-refractivity contribution in [3.63, 3.8) is 0 Å². The molecule has 2 aromatic carbocycles. The molecule has 0 amide bonds. The first kappa shape index (κ1) is 11.8. The van der Waals surface area contributed by atoms with Crippen LogP contribution in [0.25, 0.3) is 0 Å². The van der Waals surface area contributed by atoms with E-state index in [4.69, 9.17) is 11.6 Å². The van der Waals surface area contributed by atoms with Gasteiger partial charge in [0.15, 0.2) is 0 Å². The molecule has 1 aliphatic carbocycles. The lowest BCUT2D eigenvalue weighted by Gasteiger charge is -2.31. The molecule has 0 saturated carbocycles. The molecule has 0 aliphatic heterocycles. The molecular weight excluding hydrogens is 244 g/mol. The zero-order valence-electron chi connectivity index (χ0n) is 10.0. The molecule has 92 valence electrons. The summed E-state index contributed by atoms with van der Waals surface area (Å²) in [5.41, 5.74) is 3.63. The molecule has 1 N–H and O–H groups in total. The number of hydrogen-bond acceptors (Lipinski definition) is 1. The van der Waals surface area contributed by atoms with Gasteiger partial charge in [-0.15, -0.1) is 0 Å². The Labute approximate surface area is 112 Å². The first-order valence-corrected chi connectivity index (χ1v) is 6.64. The first-order valence-electron chi connectivity index (χ1n) is 6.26. The summed E-state index contributed by atoms with van der Waals surface area (Å²) in [5, 5.41) is 10.9. The topological polar surface area (TPSA) is 20.2 Å². The first-order chi connectivity index (χ1) is 8.75. The molecule has 0 fully saturated rings. The number of aliphatic hydroxyl groups excluding tert-OH is 1. The van der Waals surface area contributed by atoms with E-state index in [2.05, 4.69) is 24.3 Å². The minimum absolute atomic E-state index is 0.465. The summed E-state index contributed by atoms with van der Waals surface area (Å²) in [6.45, 7) is 0. The van der Waals surface area contributed by atoms with Crippen molar-refractivity contribution in [2.75, 3.05) is 0 Å².